The van der Waals surface area contributed by atoms with Crippen LogP contribution in [0.4, 0.5) is 0 Å². The van der Waals surface area contributed by atoms with Crippen LogP contribution in [0.1, 0.15) is 0 Å². The van der Waals surface area contributed by atoms with Crippen molar-refractivity contribution in [1.29, 1.82) is 0 Å². The van der Waals surface area contributed by atoms with Gasteiger partial charge in [-0.15, -0.1) is 0 Å². The first-order valence-corrected chi connectivity index (χ1v) is 7.03. The zero-order valence-corrected chi connectivity index (χ0v) is 11.5. The first kappa shape index (κ1) is 16.5. The monoisotopic (exact) mass is 324 g/mol. The largest absolute Gasteiger partial charge is 0.394 e. The summed E-state index contributed by atoms with van der Waals surface area (Å²) in [6, 6.07) is 0. The highest BCUT2D eigenvalue weighted by atomic mass is 16.7. The van der Waals surface area contributed by atoms with Crippen molar-refractivity contribution in [3.63, 3.8) is 0 Å². The van der Waals surface area contributed by atoms with Crippen molar-refractivity contribution in [3.8, 4) is 0 Å². The van der Waals surface area contributed by atoms with E-state index in [1.807, 2.05) is 0 Å². The minimum atomic E-state index is -1.66. The third-order valence-corrected chi connectivity index (χ3v) is 4.23. The summed E-state index contributed by atoms with van der Waals surface area (Å²) in [6.07, 6.45) is -12.4. The molecule has 3 saturated heterocycles. The number of hydrogen-bond donors (Lipinski definition) is 6. The number of ether oxygens (including phenoxy) is 4. The first-order valence-electron chi connectivity index (χ1n) is 7.03. The summed E-state index contributed by atoms with van der Waals surface area (Å²) >= 11 is 0. The predicted molar refractivity (Wildman–Crippen MR) is 65.3 cm³/mol. The van der Waals surface area contributed by atoms with Gasteiger partial charge in [-0.2, -0.15) is 0 Å². The van der Waals surface area contributed by atoms with E-state index in [4.69, 9.17) is 24.1 Å². The van der Waals surface area contributed by atoms with Gasteiger partial charge >= 0.3 is 0 Å². The summed E-state index contributed by atoms with van der Waals surface area (Å²) in [5, 5.41) is 58.4. The second kappa shape index (κ2) is 6.24. The zero-order valence-electron chi connectivity index (χ0n) is 11.5. The summed E-state index contributed by atoms with van der Waals surface area (Å²) in [4.78, 5) is 0. The predicted octanol–water partition coefficient (Wildman–Crippen LogP) is -4.35. The lowest BCUT2D eigenvalue weighted by Gasteiger charge is -2.43. The van der Waals surface area contributed by atoms with Crippen LogP contribution in [0.3, 0.4) is 0 Å². The molecule has 128 valence electrons. The van der Waals surface area contributed by atoms with Gasteiger partial charge in [-0.1, -0.05) is 0 Å². The Morgan fingerprint density at radius 2 is 1.64 bits per heavy atom. The van der Waals surface area contributed by atoms with Crippen LogP contribution in [-0.4, -0.2) is 105 Å². The quantitative estimate of drug-likeness (QED) is 0.299. The molecule has 2 bridgehead atoms. The van der Waals surface area contributed by atoms with Crippen molar-refractivity contribution in [3.05, 3.63) is 0 Å². The molecule has 0 aromatic heterocycles. The van der Waals surface area contributed by atoms with Gasteiger partial charge in [0.15, 0.2) is 12.6 Å². The van der Waals surface area contributed by atoms with Crippen LogP contribution in [0.5, 0.6) is 0 Å². The van der Waals surface area contributed by atoms with E-state index in [2.05, 4.69) is 0 Å². The Morgan fingerprint density at radius 3 is 2.32 bits per heavy atom. The van der Waals surface area contributed by atoms with Crippen molar-refractivity contribution < 1.29 is 49.6 Å². The van der Waals surface area contributed by atoms with E-state index in [0.717, 1.165) is 0 Å². The summed E-state index contributed by atoms with van der Waals surface area (Å²) < 4.78 is 20.8. The third kappa shape index (κ3) is 2.65. The number of aliphatic hydroxyl groups is 6. The molecular formula is C12H20O10. The van der Waals surface area contributed by atoms with E-state index in [9.17, 15) is 25.5 Å². The van der Waals surface area contributed by atoms with Gasteiger partial charge in [0, 0.05) is 0 Å². The van der Waals surface area contributed by atoms with E-state index in [0.29, 0.717) is 0 Å². The molecule has 22 heavy (non-hydrogen) atoms. The molecule has 3 fully saturated rings. The van der Waals surface area contributed by atoms with Crippen molar-refractivity contribution in [2.24, 2.45) is 0 Å². The molecule has 6 N–H and O–H groups in total. The lowest BCUT2D eigenvalue weighted by atomic mass is 9.98. The smallest absolute Gasteiger partial charge is 0.187 e. The fourth-order valence-corrected chi connectivity index (χ4v) is 2.94. The van der Waals surface area contributed by atoms with Crippen LogP contribution in [0.15, 0.2) is 0 Å². The molecule has 3 aliphatic rings. The highest BCUT2D eigenvalue weighted by molar-refractivity contribution is 4.97. The van der Waals surface area contributed by atoms with Gasteiger partial charge in [-0.3, -0.25) is 0 Å². The van der Waals surface area contributed by atoms with Crippen LogP contribution in [0, 0.1) is 0 Å². The maximum Gasteiger partial charge on any atom is 0.187 e. The lowest BCUT2D eigenvalue weighted by Crippen LogP contribution is -2.63. The maximum atomic E-state index is 10.1. The summed E-state index contributed by atoms with van der Waals surface area (Å²) in [7, 11) is 0. The molecule has 3 heterocycles. The van der Waals surface area contributed by atoms with E-state index in [1.165, 1.54) is 0 Å². The standard InChI is InChI=1S/C12H20O10/c13-1-3-5(14)10(7(16)11(18)20-3)22-12-8(17)9-6(15)4(21-12)2-19-9/h3-18H,1-2H2/t3-,4+,5+,6-,7-,8-,9+,10+,11?,12-/m1/s1. The van der Waals surface area contributed by atoms with E-state index >= 15 is 0 Å². The van der Waals surface area contributed by atoms with Crippen molar-refractivity contribution in [2.45, 2.75) is 61.4 Å². The third-order valence-electron chi connectivity index (χ3n) is 4.23. The highest BCUT2D eigenvalue weighted by Crippen LogP contribution is 2.32. The van der Waals surface area contributed by atoms with Crippen LogP contribution < -0.4 is 0 Å². The molecule has 0 spiro atoms. The fraction of sp³-hybridized carbons (Fsp3) is 1.00. The Bertz CT molecular complexity index is 394. The van der Waals surface area contributed by atoms with E-state index < -0.39 is 68.0 Å². The van der Waals surface area contributed by atoms with Gasteiger partial charge in [0.05, 0.1) is 13.2 Å². The van der Waals surface area contributed by atoms with Crippen molar-refractivity contribution in [1.82, 2.24) is 0 Å². The zero-order chi connectivity index (χ0) is 16.0. The van der Waals surface area contributed by atoms with Crippen LogP contribution in [0.25, 0.3) is 0 Å². The average molecular weight is 324 g/mol. The van der Waals surface area contributed by atoms with Crippen molar-refractivity contribution in [2.75, 3.05) is 13.2 Å². The molecule has 1 unspecified atom stereocenters. The second-order valence-electron chi connectivity index (χ2n) is 5.65. The number of rotatable bonds is 3. The molecule has 0 aromatic rings. The Kier molecular flexibility index (Phi) is 4.67. The Hall–Kier alpha value is -0.400. The SMILES string of the molecule is OC[C@H]1OC(O)[C@H](O)[C@@H](O[C@H]2O[C@H]3CO[C@H]([C@H]2O)[C@@H]3O)[C@H]1O. The summed E-state index contributed by atoms with van der Waals surface area (Å²) in [6.45, 7) is -0.504. The fourth-order valence-electron chi connectivity index (χ4n) is 2.94. The summed E-state index contributed by atoms with van der Waals surface area (Å²) in [5.74, 6) is 0. The molecule has 10 atom stereocenters. The first-order chi connectivity index (χ1) is 10.4. The van der Waals surface area contributed by atoms with Gasteiger partial charge < -0.3 is 49.6 Å². The number of hydrogen-bond acceptors (Lipinski definition) is 10. The van der Waals surface area contributed by atoms with E-state index in [-0.39, 0.29) is 6.61 Å². The summed E-state index contributed by atoms with van der Waals surface area (Å²) in [5.41, 5.74) is 0. The van der Waals surface area contributed by atoms with Crippen LogP contribution in [-0.2, 0) is 18.9 Å². The maximum absolute atomic E-state index is 10.1. The van der Waals surface area contributed by atoms with Crippen LogP contribution in [0.2, 0.25) is 0 Å². The molecule has 3 rings (SSSR count). The van der Waals surface area contributed by atoms with Crippen LogP contribution >= 0.6 is 0 Å². The minimum absolute atomic E-state index is 0.0868. The Balaban J connectivity index is 1.71. The second-order valence-corrected chi connectivity index (χ2v) is 5.65. The van der Waals surface area contributed by atoms with Gasteiger partial charge in [-0.05, 0) is 0 Å². The van der Waals surface area contributed by atoms with Gasteiger partial charge in [-0.25, -0.2) is 0 Å². The van der Waals surface area contributed by atoms with Gasteiger partial charge in [0.1, 0.15) is 48.8 Å². The molecule has 0 aliphatic carbocycles. The number of fused-ring (bicyclic) bond motifs is 2. The molecule has 0 saturated carbocycles. The van der Waals surface area contributed by atoms with Crippen molar-refractivity contribution >= 4 is 0 Å². The average Bonchev–Trinajstić information content (AvgIpc) is 2.76. The molecule has 10 heteroatoms. The Labute approximate surface area is 125 Å². The minimum Gasteiger partial charge on any atom is -0.394 e. The number of aliphatic hydroxyl groups excluding tert-OH is 6. The van der Waals surface area contributed by atoms with Gasteiger partial charge in [0.25, 0.3) is 0 Å². The molecular weight excluding hydrogens is 304 g/mol. The highest BCUT2D eigenvalue weighted by Gasteiger charge is 2.53. The molecule has 0 amide bonds. The molecule has 10 nitrogen and oxygen atoms in total. The van der Waals surface area contributed by atoms with E-state index in [1.54, 1.807) is 0 Å². The Morgan fingerprint density at radius 1 is 0.909 bits per heavy atom. The molecule has 0 aromatic carbocycles. The van der Waals surface area contributed by atoms with Gasteiger partial charge in [0.2, 0.25) is 0 Å². The lowest BCUT2D eigenvalue weighted by molar-refractivity contribution is -0.341. The molecule has 3 aliphatic heterocycles. The normalized spacial score (nSPS) is 55.4. The molecule has 0 radical (unpaired) electrons. The topological polar surface area (TPSA) is 158 Å².